The van der Waals surface area contributed by atoms with E-state index >= 15 is 0 Å². The van der Waals surface area contributed by atoms with Crippen molar-refractivity contribution < 1.29 is 19.4 Å². The molecule has 34 heavy (non-hydrogen) atoms. The molecule has 1 N–H and O–H groups in total. The molecule has 0 saturated heterocycles. The van der Waals surface area contributed by atoms with Crippen LogP contribution in [0.3, 0.4) is 0 Å². The number of nitrogens with zero attached hydrogens (tertiary/aromatic N) is 3. The first kappa shape index (κ1) is 21.9. The van der Waals surface area contributed by atoms with Crippen LogP contribution in [0.4, 0.5) is 0 Å². The van der Waals surface area contributed by atoms with Gasteiger partial charge in [-0.2, -0.15) is 8.75 Å². The Morgan fingerprint density at radius 2 is 1.76 bits per heavy atom. The molecule has 0 atom stereocenters. The summed E-state index contributed by atoms with van der Waals surface area (Å²) in [6, 6.07) is 19.1. The van der Waals surface area contributed by atoms with E-state index in [9.17, 15) is 9.90 Å². The molecule has 2 aromatic heterocycles. The fourth-order valence-corrected chi connectivity index (χ4v) is 4.70. The molecule has 5 aromatic rings. The summed E-state index contributed by atoms with van der Waals surface area (Å²) >= 11 is 1.16. The van der Waals surface area contributed by atoms with Gasteiger partial charge in [-0.05, 0) is 53.9 Å². The summed E-state index contributed by atoms with van der Waals surface area (Å²) in [5.74, 6) is 0.435. The van der Waals surface area contributed by atoms with E-state index in [2.05, 4.69) is 15.7 Å². The van der Waals surface area contributed by atoms with E-state index in [1.54, 1.807) is 7.11 Å². The fourth-order valence-electron chi connectivity index (χ4n) is 4.18. The number of aromatic nitrogens is 3. The summed E-state index contributed by atoms with van der Waals surface area (Å²) in [5.41, 5.74) is 5.09. The maximum atomic E-state index is 12.6. The maximum absolute atomic E-state index is 12.6. The van der Waals surface area contributed by atoms with Crippen LogP contribution in [0.15, 0.2) is 60.7 Å². The van der Waals surface area contributed by atoms with Crippen LogP contribution in [0.2, 0.25) is 0 Å². The van der Waals surface area contributed by atoms with E-state index < -0.39 is 5.97 Å². The number of carboxylic acid groups (broad SMARTS) is 1. The number of aromatic carboxylic acids is 1. The maximum Gasteiger partial charge on any atom is 0.353 e. The van der Waals surface area contributed by atoms with Crippen LogP contribution in [-0.2, 0) is 6.54 Å². The molecule has 0 amide bonds. The van der Waals surface area contributed by atoms with Crippen LogP contribution < -0.4 is 9.47 Å². The lowest BCUT2D eigenvalue weighted by molar-refractivity contribution is 0.0687. The fraction of sp³-hybridized carbons (Fsp3) is 0.192. The second kappa shape index (κ2) is 9.15. The van der Waals surface area contributed by atoms with Gasteiger partial charge in [0.2, 0.25) is 0 Å². The van der Waals surface area contributed by atoms with E-state index in [1.165, 1.54) is 0 Å². The minimum Gasteiger partial charge on any atom is -0.497 e. The average molecular weight is 474 g/mol. The highest BCUT2D eigenvalue weighted by atomic mass is 32.1. The van der Waals surface area contributed by atoms with Gasteiger partial charge in [0, 0.05) is 23.6 Å². The summed E-state index contributed by atoms with van der Waals surface area (Å²) in [6.45, 7) is 3.02. The standard InChI is InChI=1S/C26H23N3O4S/c1-3-12-33-19-9-10-20-23(14-19)29(15-16-4-11-21-22(13-16)28-34-27-21)25(26(30)31)24(20)17-5-7-18(32-2)8-6-17/h4-11,13-14H,3,12,15H2,1-2H3,(H,30,31). The smallest absolute Gasteiger partial charge is 0.353 e. The Balaban J connectivity index is 1.72. The molecular formula is C26H23N3O4S. The molecule has 7 nitrogen and oxygen atoms in total. The largest absolute Gasteiger partial charge is 0.497 e. The molecule has 0 bridgehead atoms. The normalized spacial score (nSPS) is 11.2. The highest BCUT2D eigenvalue weighted by molar-refractivity contribution is 7.00. The van der Waals surface area contributed by atoms with Gasteiger partial charge in [0.25, 0.3) is 0 Å². The number of hydrogen-bond donors (Lipinski definition) is 1. The van der Waals surface area contributed by atoms with Gasteiger partial charge < -0.3 is 19.1 Å². The molecule has 3 aromatic carbocycles. The van der Waals surface area contributed by atoms with Crippen molar-refractivity contribution in [3.63, 3.8) is 0 Å². The number of ether oxygens (including phenoxy) is 2. The highest BCUT2D eigenvalue weighted by Gasteiger charge is 2.24. The van der Waals surface area contributed by atoms with Crippen LogP contribution in [-0.4, -0.2) is 38.1 Å². The molecule has 0 spiro atoms. The van der Waals surface area contributed by atoms with Gasteiger partial charge in [-0.3, -0.25) is 0 Å². The summed E-state index contributed by atoms with van der Waals surface area (Å²) in [5, 5.41) is 11.2. The lowest BCUT2D eigenvalue weighted by atomic mass is 10.0. The summed E-state index contributed by atoms with van der Waals surface area (Å²) in [4.78, 5) is 12.6. The average Bonchev–Trinajstić information content (AvgIpc) is 3.45. The van der Waals surface area contributed by atoms with Gasteiger partial charge in [-0.25, -0.2) is 4.79 Å². The first-order valence-electron chi connectivity index (χ1n) is 11.0. The Kier molecular flexibility index (Phi) is 5.90. The van der Waals surface area contributed by atoms with E-state index in [0.29, 0.717) is 30.2 Å². The Hall–Kier alpha value is -3.91. The zero-order valence-electron chi connectivity index (χ0n) is 18.8. The van der Waals surface area contributed by atoms with Crippen molar-refractivity contribution in [2.24, 2.45) is 0 Å². The topological polar surface area (TPSA) is 86.5 Å². The van der Waals surface area contributed by atoms with Crippen LogP contribution in [0, 0.1) is 0 Å². The van der Waals surface area contributed by atoms with Crippen molar-refractivity contribution in [3.05, 3.63) is 71.9 Å². The number of hydrogen-bond acceptors (Lipinski definition) is 6. The monoisotopic (exact) mass is 473 g/mol. The van der Waals surface area contributed by atoms with Crippen molar-refractivity contribution in [2.75, 3.05) is 13.7 Å². The molecule has 0 aliphatic heterocycles. The van der Waals surface area contributed by atoms with Crippen molar-refractivity contribution in [3.8, 4) is 22.6 Å². The lowest BCUT2D eigenvalue weighted by Gasteiger charge is -2.11. The third kappa shape index (κ3) is 3.97. The molecule has 8 heteroatoms. The van der Waals surface area contributed by atoms with Crippen LogP contribution in [0.5, 0.6) is 11.5 Å². The first-order valence-corrected chi connectivity index (χ1v) is 11.7. The van der Waals surface area contributed by atoms with Gasteiger partial charge in [-0.1, -0.05) is 25.1 Å². The van der Waals surface area contributed by atoms with E-state index in [1.807, 2.05) is 65.2 Å². The van der Waals surface area contributed by atoms with E-state index in [0.717, 1.165) is 51.2 Å². The third-order valence-electron chi connectivity index (χ3n) is 5.75. The number of fused-ring (bicyclic) bond motifs is 2. The van der Waals surface area contributed by atoms with E-state index in [-0.39, 0.29) is 5.69 Å². The van der Waals surface area contributed by atoms with Gasteiger partial charge in [0.05, 0.1) is 31.0 Å². The predicted octanol–water partition coefficient (Wildman–Crippen LogP) is 5.86. The van der Waals surface area contributed by atoms with Crippen LogP contribution >= 0.6 is 11.7 Å². The molecule has 0 aliphatic rings. The molecule has 0 aliphatic carbocycles. The second-order valence-corrected chi connectivity index (χ2v) is 8.49. The van der Waals surface area contributed by atoms with E-state index in [4.69, 9.17) is 9.47 Å². The molecule has 5 rings (SSSR count). The minimum atomic E-state index is -0.991. The first-order chi connectivity index (χ1) is 16.6. The van der Waals surface area contributed by atoms with Crippen molar-refractivity contribution in [1.82, 2.24) is 13.3 Å². The molecule has 0 unspecified atom stereocenters. The Labute approximate surface area is 200 Å². The molecule has 0 radical (unpaired) electrons. The van der Waals surface area contributed by atoms with Gasteiger partial charge in [0.15, 0.2) is 0 Å². The van der Waals surface area contributed by atoms with Crippen LogP contribution in [0.1, 0.15) is 29.4 Å². The summed E-state index contributed by atoms with van der Waals surface area (Å²) in [6.07, 6.45) is 0.887. The zero-order chi connectivity index (χ0) is 23.7. The molecule has 0 saturated carbocycles. The van der Waals surface area contributed by atoms with Crippen molar-refractivity contribution >= 4 is 39.6 Å². The molecular weight excluding hydrogens is 450 g/mol. The molecule has 0 fully saturated rings. The predicted molar refractivity (Wildman–Crippen MR) is 133 cm³/mol. The Morgan fingerprint density at radius 1 is 1.00 bits per heavy atom. The van der Waals surface area contributed by atoms with Crippen molar-refractivity contribution in [1.29, 1.82) is 0 Å². The highest BCUT2D eigenvalue weighted by Crippen LogP contribution is 2.38. The lowest BCUT2D eigenvalue weighted by Crippen LogP contribution is -2.10. The second-order valence-electron chi connectivity index (χ2n) is 7.96. The molecule has 2 heterocycles. The summed E-state index contributed by atoms with van der Waals surface area (Å²) < 4.78 is 21.6. The Morgan fingerprint density at radius 3 is 2.50 bits per heavy atom. The molecule has 172 valence electrons. The van der Waals surface area contributed by atoms with Gasteiger partial charge in [0.1, 0.15) is 28.2 Å². The number of carbonyl (C=O) groups is 1. The quantitative estimate of drug-likeness (QED) is 0.304. The number of benzene rings is 3. The van der Waals surface area contributed by atoms with Gasteiger partial charge >= 0.3 is 5.97 Å². The third-order valence-corrected chi connectivity index (χ3v) is 6.31. The minimum absolute atomic E-state index is 0.226. The number of rotatable bonds is 8. The Bertz CT molecular complexity index is 1490. The zero-order valence-corrected chi connectivity index (χ0v) is 19.6. The number of carboxylic acids is 1. The van der Waals surface area contributed by atoms with Crippen molar-refractivity contribution in [2.45, 2.75) is 19.9 Å². The van der Waals surface area contributed by atoms with Gasteiger partial charge in [-0.15, -0.1) is 0 Å². The van der Waals surface area contributed by atoms with Crippen LogP contribution in [0.25, 0.3) is 33.1 Å². The number of methoxy groups -OCH3 is 1. The SMILES string of the molecule is CCCOc1ccc2c(-c3ccc(OC)cc3)c(C(=O)O)n(Cc3ccc4nsnc4c3)c2c1. The summed E-state index contributed by atoms with van der Waals surface area (Å²) in [7, 11) is 1.61.